The van der Waals surface area contributed by atoms with Crippen LogP contribution in [-0.2, 0) is 0 Å². The SMILES string of the molecule is Cc1c(C(=O)Nc2c(C(=O)Nc3ccc(Cl)cc3)oc3ccccc23)cccc1[N+](=O)[O-]. The summed E-state index contributed by atoms with van der Waals surface area (Å²) in [6.07, 6.45) is 0. The van der Waals surface area contributed by atoms with E-state index in [1.807, 2.05) is 0 Å². The second kappa shape index (κ2) is 8.52. The number of hydrogen-bond acceptors (Lipinski definition) is 5. The first-order valence-corrected chi connectivity index (χ1v) is 9.86. The van der Waals surface area contributed by atoms with Crippen molar-refractivity contribution in [3.8, 4) is 0 Å². The third kappa shape index (κ3) is 4.03. The second-order valence-corrected chi connectivity index (χ2v) is 7.36. The number of nitrogens with zero attached hydrogens (tertiary/aromatic N) is 1. The highest BCUT2D eigenvalue weighted by atomic mass is 35.5. The van der Waals surface area contributed by atoms with E-state index in [4.69, 9.17) is 16.0 Å². The summed E-state index contributed by atoms with van der Waals surface area (Å²) in [5, 5.41) is 17.7. The molecule has 4 rings (SSSR count). The van der Waals surface area contributed by atoms with Gasteiger partial charge >= 0.3 is 0 Å². The molecule has 0 radical (unpaired) electrons. The van der Waals surface area contributed by atoms with Gasteiger partial charge in [0.1, 0.15) is 11.3 Å². The molecule has 0 saturated heterocycles. The van der Waals surface area contributed by atoms with Gasteiger partial charge in [0.15, 0.2) is 0 Å². The predicted molar refractivity (Wildman–Crippen MR) is 121 cm³/mol. The monoisotopic (exact) mass is 449 g/mol. The standard InChI is InChI=1S/C23H16ClN3O5/c1-13-16(6-4-7-18(13)27(30)31)22(28)26-20-17-5-2-3-8-19(17)32-21(20)23(29)25-15-11-9-14(24)10-12-15/h2-12H,1H3,(H,25,29)(H,26,28). The second-order valence-electron chi connectivity index (χ2n) is 6.92. The Balaban J connectivity index is 1.71. The van der Waals surface area contributed by atoms with Crippen LogP contribution < -0.4 is 10.6 Å². The molecule has 1 aromatic heterocycles. The number of fused-ring (bicyclic) bond motifs is 1. The number of amides is 2. The molecule has 4 aromatic rings. The molecular weight excluding hydrogens is 434 g/mol. The van der Waals surface area contributed by atoms with Crippen LogP contribution in [0.4, 0.5) is 17.1 Å². The molecule has 0 aliphatic heterocycles. The molecule has 9 heteroatoms. The fraction of sp³-hybridized carbons (Fsp3) is 0.0435. The van der Waals surface area contributed by atoms with E-state index in [0.717, 1.165) is 0 Å². The van der Waals surface area contributed by atoms with E-state index in [0.29, 0.717) is 21.7 Å². The Morgan fingerprint density at radius 1 is 0.938 bits per heavy atom. The third-order valence-electron chi connectivity index (χ3n) is 4.89. The highest BCUT2D eigenvalue weighted by molar-refractivity contribution is 6.30. The van der Waals surface area contributed by atoms with Crippen LogP contribution in [0, 0.1) is 17.0 Å². The Bertz CT molecular complexity index is 1360. The molecule has 0 unspecified atom stereocenters. The van der Waals surface area contributed by atoms with E-state index >= 15 is 0 Å². The van der Waals surface area contributed by atoms with Gasteiger partial charge in [-0.3, -0.25) is 19.7 Å². The van der Waals surface area contributed by atoms with Crippen LogP contribution in [0.2, 0.25) is 5.02 Å². The summed E-state index contributed by atoms with van der Waals surface area (Å²) in [5.74, 6) is -1.27. The van der Waals surface area contributed by atoms with Crippen LogP contribution in [0.25, 0.3) is 11.0 Å². The molecule has 0 fully saturated rings. The smallest absolute Gasteiger partial charge is 0.293 e. The number of hydrogen-bond donors (Lipinski definition) is 2. The Kier molecular flexibility index (Phi) is 5.61. The quantitative estimate of drug-likeness (QED) is 0.295. The van der Waals surface area contributed by atoms with Crippen molar-refractivity contribution in [1.82, 2.24) is 0 Å². The van der Waals surface area contributed by atoms with Crippen molar-refractivity contribution in [2.75, 3.05) is 10.6 Å². The summed E-state index contributed by atoms with van der Waals surface area (Å²) < 4.78 is 5.72. The first-order valence-electron chi connectivity index (χ1n) is 9.49. The van der Waals surface area contributed by atoms with Gasteiger partial charge in [0.25, 0.3) is 17.5 Å². The zero-order chi connectivity index (χ0) is 22.8. The Hall–Kier alpha value is -4.17. The number of carbonyl (C=O) groups excluding carboxylic acids is 2. The molecule has 2 N–H and O–H groups in total. The van der Waals surface area contributed by atoms with Gasteiger partial charge in [-0.05, 0) is 49.4 Å². The van der Waals surface area contributed by atoms with E-state index in [9.17, 15) is 19.7 Å². The van der Waals surface area contributed by atoms with Gasteiger partial charge in [-0.15, -0.1) is 0 Å². The third-order valence-corrected chi connectivity index (χ3v) is 5.14. The minimum absolute atomic E-state index is 0.0995. The van der Waals surface area contributed by atoms with E-state index < -0.39 is 16.7 Å². The highest BCUT2D eigenvalue weighted by Gasteiger charge is 2.25. The van der Waals surface area contributed by atoms with Gasteiger partial charge in [-0.25, -0.2) is 0 Å². The number of nitro groups is 1. The molecule has 0 atom stereocenters. The first-order chi connectivity index (χ1) is 15.3. The molecule has 160 valence electrons. The number of nitro benzene ring substituents is 1. The van der Waals surface area contributed by atoms with Crippen LogP contribution in [0.15, 0.2) is 71.1 Å². The van der Waals surface area contributed by atoms with Crippen molar-refractivity contribution < 1.29 is 18.9 Å². The van der Waals surface area contributed by atoms with Gasteiger partial charge in [-0.1, -0.05) is 29.8 Å². The van der Waals surface area contributed by atoms with Crippen LogP contribution in [0.1, 0.15) is 26.5 Å². The number of benzene rings is 3. The molecule has 8 nitrogen and oxygen atoms in total. The largest absolute Gasteiger partial charge is 0.449 e. The highest BCUT2D eigenvalue weighted by Crippen LogP contribution is 2.32. The number of anilines is 2. The molecule has 0 aliphatic rings. The number of furan rings is 1. The molecule has 3 aromatic carbocycles. The maximum atomic E-state index is 13.0. The fourth-order valence-corrected chi connectivity index (χ4v) is 3.42. The van der Waals surface area contributed by atoms with Crippen molar-refractivity contribution in [3.63, 3.8) is 0 Å². The van der Waals surface area contributed by atoms with Gasteiger partial charge in [0.05, 0.1) is 4.92 Å². The zero-order valence-electron chi connectivity index (χ0n) is 16.7. The molecule has 0 aliphatic carbocycles. The molecule has 0 bridgehead atoms. The lowest BCUT2D eigenvalue weighted by molar-refractivity contribution is -0.385. The van der Waals surface area contributed by atoms with Crippen molar-refractivity contribution in [3.05, 3.63) is 98.8 Å². The van der Waals surface area contributed by atoms with E-state index in [1.54, 1.807) is 48.5 Å². The van der Waals surface area contributed by atoms with Crippen LogP contribution in [0.3, 0.4) is 0 Å². The Morgan fingerprint density at radius 2 is 1.66 bits per heavy atom. The molecule has 32 heavy (non-hydrogen) atoms. The topological polar surface area (TPSA) is 114 Å². The van der Waals surface area contributed by atoms with Gasteiger partial charge in [-0.2, -0.15) is 0 Å². The number of para-hydroxylation sites is 1. The maximum Gasteiger partial charge on any atom is 0.293 e. The number of halogens is 1. The summed E-state index contributed by atoms with van der Waals surface area (Å²) in [5.41, 5.74) is 1.23. The minimum atomic E-state index is -0.599. The van der Waals surface area contributed by atoms with Gasteiger partial charge in [0, 0.05) is 33.3 Å². The maximum absolute atomic E-state index is 13.0. The molecular formula is C23H16ClN3O5. The number of carbonyl (C=O) groups is 2. The predicted octanol–water partition coefficient (Wildman–Crippen LogP) is 5.81. The molecule has 0 spiro atoms. The van der Waals surface area contributed by atoms with Crippen LogP contribution >= 0.6 is 11.6 Å². The van der Waals surface area contributed by atoms with Crippen molar-refractivity contribution >= 4 is 51.4 Å². The summed E-state index contributed by atoms with van der Waals surface area (Å²) in [7, 11) is 0. The molecule has 1 heterocycles. The zero-order valence-corrected chi connectivity index (χ0v) is 17.5. The minimum Gasteiger partial charge on any atom is -0.449 e. The lowest BCUT2D eigenvalue weighted by Crippen LogP contribution is -2.18. The van der Waals surface area contributed by atoms with Gasteiger partial charge in [0.2, 0.25) is 5.76 Å². The van der Waals surface area contributed by atoms with Crippen molar-refractivity contribution in [2.24, 2.45) is 0 Å². The Labute approximate surface area is 186 Å². The average molecular weight is 450 g/mol. The van der Waals surface area contributed by atoms with Crippen LogP contribution in [0.5, 0.6) is 0 Å². The number of rotatable bonds is 5. The number of nitrogens with one attached hydrogen (secondary N) is 2. The fourth-order valence-electron chi connectivity index (χ4n) is 3.30. The van der Waals surface area contributed by atoms with E-state index in [2.05, 4.69) is 10.6 Å². The average Bonchev–Trinajstić information content (AvgIpc) is 3.14. The molecule has 2 amide bonds. The van der Waals surface area contributed by atoms with Crippen LogP contribution in [-0.4, -0.2) is 16.7 Å². The Morgan fingerprint density at radius 3 is 2.38 bits per heavy atom. The van der Waals surface area contributed by atoms with E-state index in [-0.39, 0.29) is 28.3 Å². The summed E-state index contributed by atoms with van der Waals surface area (Å²) in [6.45, 7) is 1.49. The molecule has 0 saturated carbocycles. The normalized spacial score (nSPS) is 10.7. The summed E-state index contributed by atoms with van der Waals surface area (Å²) in [4.78, 5) is 36.6. The lowest BCUT2D eigenvalue weighted by atomic mass is 10.1. The van der Waals surface area contributed by atoms with Crippen molar-refractivity contribution in [2.45, 2.75) is 6.92 Å². The first kappa shape index (κ1) is 21.1. The van der Waals surface area contributed by atoms with Gasteiger partial charge < -0.3 is 15.1 Å². The van der Waals surface area contributed by atoms with Crippen molar-refractivity contribution in [1.29, 1.82) is 0 Å². The van der Waals surface area contributed by atoms with E-state index in [1.165, 1.54) is 25.1 Å². The summed E-state index contributed by atoms with van der Waals surface area (Å²) in [6, 6.07) is 17.6. The summed E-state index contributed by atoms with van der Waals surface area (Å²) >= 11 is 5.88. The lowest BCUT2D eigenvalue weighted by Gasteiger charge is -2.09.